The molecule has 0 aromatic heterocycles. The number of rotatable bonds is 9. The van der Waals surface area contributed by atoms with Crippen molar-refractivity contribution in [3.05, 3.63) is 122 Å². The lowest BCUT2D eigenvalue weighted by molar-refractivity contribution is 0.0729. The fourth-order valence-electron chi connectivity index (χ4n) is 3.31. The molecule has 0 spiro atoms. The van der Waals surface area contributed by atoms with E-state index in [2.05, 4.69) is 10.5 Å². The van der Waals surface area contributed by atoms with E-state index in [1.165, 1.54) is 31.5 Å². The van der Waals surface area contributed by atoms with Crippen LogP contribution in [0.3, 0.4) is 0 Å². The van der Waals surface area contributed by atoms with Gasteiger partial charge in [-0.1, -0.05) is 46.9 Å². The molecule has 0 aliphatic carbocycles. The second-order valence-electron chi connectivity index (χ2n) is 8.07. The van der Waals surface area contributed by atoms with Crippen LogP contribution < -0.4 is 19.6 Å². The standard InChI is InChI=1S/C29H21Cl3N2O5/c1-37-27-14-19(4-13-26(27)39-29(36)21-7-12-24(31)25(32)15-21)16-33-34-28(35)20-5-10-23(11-6-20)38-17-18-2-8-22(30)9-3-18/h2-16H,17H2,1H3,(H,34,35). The molecule has 0 bridgehead atoms. The lowest BCUT2D eigenvalue weighted by atomic mass is 10.2. The first-order valence-corrected chi connectivity index (χ1v) is 12.6. The molecule has 0 heterocycles. The van der Waals surface area contributed by atoms with Crippen molar-refractivity contribution < 1.29 is 23.8 Å². The molecular formula is C29H21Cl3N2O5. The zero-order valence-electron chi connectivity index (χ0n) is 20.5. The molecule has 0 saturated heterocycles. The van der Waals surface area contributed by atoms with Gasteiger partial charge in [0.15, 0.2) is 11.5 Å². The Kier molecular flexibility index (Phi) is 9.44. The Morgan fingerprint density at radius 3 is 2.23 bits per heavy atom. The summed E-state index contributed by atoms with van der Waals surface area (Å²) in [6.45, 7) is 0.379. The largest absolute Gasteiger partial charge is 0.493 e. The number of esters is 1. The molecule has 0 aliphatic rings. The monoisotopic (exact) mass is 582 g/mol. The maximum Gasteiger partial charge on any atom is 0.343 e. The van der Waals surface area contributed by atoms with E-state index < -0.39 is 11.9 Å². The number of carbonyl (C=O) groups is 2. The minimum Gasteiger partial charge on any atom is -0.493 e. The third-order valence-electron chi connectivity index (χ3n) is 5.36. The first kappa shape index (κ1) is 28.0. The van der Waals surface area contributed by atoms with E-state index >= 15 is 0 Å². The summed E-state index contributed by atoms with van der Waals surface area (Å²) in [5, 5.41) is 5.23. The number of amides is 1. The number of nitrogens with zero attached hydrogens (tertiary/aromatic N) is 1. The number of hydrogen-bond acceptors (Lipinski definition) is 6. The molecule has 0 atom stereocenters. The van der Waals surface area contributed by atoms with Crippen LogP contribution in [0.5, 0.6) is 17.2 Å². The van der Waals surface area contributed by atoms with Crippen molar-refractivity contribution in [2.75, 3.05) is 7.11 Å². The van der Waals surface area contributed by atoms with Gasteiger partial charge < -0.3 is 14.2 Å². The summed E-state index contributed by atoms with van der Waals surface area (Å²) in [5.41, 5.74) is 4.70. The zero-order valence-corrected chi connectivity index (χ0v) is 22.8. The first-order valence-electron chi connectivity index (χ1n) is 11.5. The van der Waals surface area contributed by atoms with Gasteiger partial charge in [-0.2, -0.15) is 5.10 Å². The lowest BCUT2D eigenvalue weighted by Gasteiger charge is -2.10. The molecule has 0 saturated carbocycles. The molecular weight excluding hydrogens is 563 g/mol. The second kappa shape index (κ2) is 13.2. The van der Waals surface area contributed by atoms with Gasteiger partial charge >= 0.3 is 5.97 Å². The topological polar surface area (TPSA) is 86.2 Å². The van der Waals surface area contributed by atoms with Gasteiger partial charge in [0.1, 0.15) is 12.4 Å². The number of halogens is 3. The zero-order chi connectivity index (χ0) is 27.8. The van der Waals surface area contributed by atoms with E-state index in [1.807, 2.05) is 12.1 Å². The van der Waals surface area contributed by atoms with Crippen molar-refractivity contribution in [3.8, 4) is 17.2 Å². The fraction of sp³-hybridized carbons (Fsp3) is 0.0690. The third-order valence-corrected chi connectivity index (χ3v) is 6.35. The Hall–Kier alpha value is -4.04. The van der Waals surface area contributed by atoms with Gasteiger partial charge in [0.2, 0.25) is 0 Å². The van der Waals surface area contributed by atoms with Crippen LogP contribution in [0.15, 0.2) is 90.0 Å². The molecule has 4 aromatic rings. The first-order chi connectivity index (χ1) is 18.8. The van der Waals surface area contributed by atoms with Crippen molar-refractivity contribution in [2.24, 2.45) is 5.10 Å². The number of nitrogens with one attached hydrogen (secondary N) is 1. The minimum absolute atomic E-state index is 0.202. The van der Waals surface area contributed by atoms with Crippen LogP contribution in [0.4, 0.5) is 0 Å². The van der Waals surface area contributed by atoms with Crippen LogP contribution in [-0.2, 0) is 6.61 Å². The molecule has 0 unspecified atom stereocenters. The highest BCUT2D eigenvalue weighted by atomic mass is 35.5. The number of methoxy groups -OCH3 is 1. The van der Waals surface area contributed by atoms with Gasteiger partial charge in [-0.25, -0.2) is 10.2 Å². The molecule has 0 fully saturated rings. The lowest BCUT2D eigenvalue weighted by Crippen LogP contribution is -2.17. The van der Waals surface area contributed by atoms with Crippen molar-refractivity contribution in [2.45, 2.75) is 6.61 Å². The Bertz CT molecular complexity index is 1510. The number of ether oxygens (including phenoxy) is 3. The molecule has 39 heavy (non-hydrogen) atoms. The van der Waals surface area contributed by atoms with Gasteiger partial charge in [-0.3, -0.25) is 4.79 Å². The fourth-order valence-corrected chi connectivity index (χ4v) is 3.73. The number of hydrogen-bond donors (Lipinski definition) is 1. The number of hydrazone groups is 1. The Morgan fingerprint density at radius 2 is 1.54 bits per heavy atom. The molecule has 1 N–H and O–H groups in total. The van der Waals surface area contributed by atoms with E-state index in [0.717, 1.165) is 5.56 Å². The molecule has 0 aliphatic heterocycles. The predicted molar refractivity (Wildman–Crippen MR) is 152 cm³/mol. The smallest absolute Gasteiger partial charge is 0.343 e. The summed E-state index contributed by atoms with van der Waals surface area (Å²) >= 11 is 17.8. The molecule has 198 valence electrons. The minimum atomic E-state index is -0.623. The highest BCUT2D eigenvalue weighted by Gasteiger charge is 2.14. The maximum absolute atomic E-state index is 12.5. The van der Waals surface area contributed by atoms with Crippen LogP contribution in [0.2, 0.25) is 15.1 Å². The van der Waals surface area contributed by atoms with Crippen LogP contribution in [0.25, 0.3) is 0 Å². The molecule has 4 rings (SSSR count). The van der Waals surface area contributed by atoms with E-state index in [1.54, 1.807) is 54.6 Å². The van der Waals surface area contributed by atoms with E-state index in [-0.39, 0.29) is 16.3 Å². The highest BCUT2D eigenvalue weighted by Crippen LogP contribution is 2.29. The normalized spacial score (nSPS) is 10.8. The average molecular weight is 584 g/mol. The van der Waals surface area contributed by atoms with Gasteiger partial charge in [-0.15, -0.1) is 0 Å². The summed E-state index contributed by atoms with van der Waals surface area (Å²) in [6, 6.07) is 23.3. The van der Waals surface area contributed by atoms with Gasteiger partial charge in [0.25, 0.3) is 5.91 Å². The van der Waals surface area contributed by atoms with Crippen LogP contribution in [0.1, 0.15) is 31.8 Å². The Balaban J connectivity index is 1.32. The Morgan fingerprint density at radius 1 is 0.821 bits per heavy atom. The SMILES string of the molecule is COc1cc(C=NNC(=O)c2ccc(OCc3ccc(Cl)cc3)cc2)ccc1OC(=O)c1ccc(Cl)c(Cl)c1. The summed E-state index contributed by atoms with van der Waals surface area (Å²) < 4.78 is 16.5. The summed E-state index contributed by atoms with van der Waals surface area (Å²) in [7, 11) is 1.44. The molecule has 1 amide bonds. The van der Waals surface area contributed by atoms with Crippen molar-refractivity contribution in [1.82, 2.24) is 5.43 Å². The third kappa shape index (κ3) is 7.74. The molecule has 7 nitrogen and oxygen atoms in total. The molecule has 0 radical (unpaired) electrons. The van der Waals surface area contributed by atoms with Crippen molar-refractivity contribution in [1.29, 1.82) is 0 Å². The molecule has 10 heteroatoms. The van der Waals surface area contributed by atoms with Gasteiger partial charge in [-0.05, 0) is 83.9 Å². The van der Waals surface area contributed by atoms with E-state index in [0.29, 0.717) is 39.3 Å². The van der Waals surface area contributed by atoms with Crippen LogP contribution >= 0.6 is 34.8 Å². The van der Waals surface area contributed by atoms with E-state index in [9.17, 15) is 9.59 Å². The quantitative estimate of drug-likeness (QED) is 0.0973. The van der Waals surface area contributed by atoms with Crippen molar-refractivity contribution >= 4 is 52.9 Å². The maximum atomic E-state index is 12.5. The predicted octanol–water partition coefficient (Wildman–Crippen LogP) is 7.22. The van der Waals surface area contributed by atoms with Gasteiger partial charge in [0.05, 0.1) is 28.9 Å². The average Bonchev–Trinajstić information content (AvgIpc) is 2.95. The van der Waals surface area contributed by atoms with Crippen molar-refractivity contribution in [3.63, 3.8) is 0 Å². The second-order valence-corrected chi connectivity index (χ2v) is 9.32. The number of benzene rings is 4. The number of carbonyl (C=O) groups excluding carboxylic acids is 2. The van der Waals surface area contributed by atoms with Crippen LogP contribution in [-0.4, -0.2) is 25.2 Å². The highest BCUT2D eigenvalue weighted by molar-refractivity contribution is 6.42. The van der Waals surface area contributed by atoms with Crippen LogP contribution in [0, 0.1) is 0 Å². The van der Waals surface area contributed by atoms with Gasteiger partial charge in [0, 0.05) is 10.6 Å². The summed E-state index contributed by atoms with van der Waals surface area (Å²) in [6.07, 6.45) is 1.44. The van der Waals surface area contributed by atoms with E-state index in [4.69, 9.17) is 49.0 Å². The summed E-state index contributed by atoms with van der Waals surface area (Å²) in [5.74, 6) is 0.106. The Labute approximate surface area is 239 Å². The molecule has 4 aromatic carbocycles. The summed E-state index contributed by atoms with van der Waals surface area (Å²) in [4.78, 5) is 24.9.